The third kappa shape index (κ3) is 4.09. The summed E-state index contributed by atoms with van der Waals surface area (Å²) in [7, 11) is 0. The molecule has 0 saturated heterocycles. The van der Waals surface area contributed by atoms with E-state index in [9.17, 15) is 0 Å². The molecular weight excluding hydrogens is 513 g/mol. The fourth-order valence-corrected chi connectivity index (χ4v) is 6.58. The Morgan fingerprint density at radius 2 is 0.780 bits per heavy atom. The van der Waals surface area contributed by atoms with Crippen molar-refractivity contribution in [1.82, 2.24) is 0 Å². The van der Waals surface area contributed by atoms with Crippen molar-refractivity contribution in [3.8, 4) is 33.4 Å². The minimum atomic E-state index is 0.965. The van der Waals surface area contributed by atoms with E-state index in [0.29, 0.717) is 0 Å². The fourth-order valence-electron chi connectivity index (χ4n) is 6.36. The molecule has 0 radical (unpaired) electrons. The lowest BCUT2D eigenvalue weighted by molar-refractivity contribution is 1.47. The molecule has 0 atom stereocenters. The van der Waals surface area contributed by atoms with Gasteiger partial charge in [0.1, 0.15) is 0 Å². The molecule has 0 aliphatic rings. The topological polar surface area (TPSA) is 0 Å². The van der Waals surface area contributed by atoms with Crippen molar-refractivity contribution in [2.75, 3.05) is 0 Å². The van der Waals surface area contributed by atoms with E-state index in [2.05, 4.69) is 158 Å². The highest BCUT2D eigenvalue weighted by Crippen LogP contribution is 2.45. The van der Waals surface area contributed by atoms with Gasteiger partial charge in [0.2, 0.25) is 0 Å². The van der Waals surface area contributed by atoms with E-state index < -0.39 is 0 Å². The zero-order valence-electron chi connectivity index (χ0n) is 22.4. The van der Waals surface area contributed by atoms with E-state index in [1.54, 1.807) is 0 Å². The van der Waals surface area contributed by atoms with Crippen LogP contribution in [0.2, 0.25) is 0 Å². The smallest absolute Gasteiger partial charge is 0.00461 e. The van der Waals surface area contributed by atoms with Gasteiger partial charge >= 0.3 is 0 Å². The maximum absolute atomic E-state index is 4.63. The van der Waals surface area contributed by atoms with Crippen LogP contribution >= 0.6 is 12.6 Å². The van der Waals surface area contributed by atoms with Gasteiger partial charge in [-0.2, -0.15) is 0 Å². The van der Waals surface area contributed by atoms with Gasteiger partial charge < -0.3 is 0 Å². The Balaban J connectivity index is 1.51. The number of benzene rings is 8. The Labute approximate surface area is 244 Å². The van der Waals surface area contributed by atoms with Crippen molar-refractivity contribution in [3.63, 3.8) is 0 Å². The Kier molecular flexibility index (Phi) is 5.65. The molecule has 0 amide bonds. The third-order valence-electron chi connectivity index (χ3n) is 8.28. The molecule has 0 fully saturated rings. The fraction of sp³-hybridized carbons (Fsp3) is 0. The van der Waals surface area contributed by atoms with Crippen molar-refractivity contribution in [2.24, 2.45) is 0 Å². The molecule has 1 heteroatoms. The molecule has 41 heavy (non-hydrogen) atoms. The molecule has 8 rings (SSSR count). The van der Waals surface area contributed by atoms with Crippen LogP contribution in [0.3, 0.4) is 0 Å². The minimum Gasteiger partial charge on any atom is -0.143 e. The quantitative estimate of drug-likeness (QED) is 0.168. The predicted molar refractivity (Wildman–Crippen MR) is 180 cm³/mol. The first-order chi connectivity index (χ1) is 20.2. The average molecular weight is 539 g/mol. The first-order valence-electron chi connectivity index (χ1n) is 14.0. The molecule has 0 spiro atoms. The molecule has 0 heterocycles. The summed E-state index contributed by atoms with van der Waals surface area (Å²) in [5.74, 6) is 0. The minimum absolute atomic E-state index is 0.965. The van der Waals surface area contributed by atoms with Crippen LogP contribution in [0.5, 0.6) is 0 Å². The largest absolute Gasteiger partial charge is 0.143 e. The van der Waals surface area contributed by atoms with Crippen LogP contribution in [0.25, 0.3) is 76.5 Å². The molecule has 8 aromatic rings. The van der Waals surface area contributed by atoms with Gasteiger partial charge in [0, 0.05) is 4.90 Å². The van der Waals surface area contributed by atoms with Crippen LogP contribution in [0, 0.1) is 0 Å². The zero-order chi connectivity index (χ0) is 27.3. The molecule has 0 N–H and O–H groups in total. The summed E-state index contributed by atoms with van der Waals surface area (Å²) in [6, 6.07) is 55.2. The van der Waals surface area contributed by atoms with E-state index in [-0.39, 0.29) is 0 Å². The second-order valence-electron chi connectivity index (χ2n) is 10.7. The van der Waals surface area contributed by atoms with Crippen molar-refractivity contribution in [2.45, 2.75) is 4.90 Å². The van der Waals surface area contributed by atoms with Gasteiger partial charge in [0.05, 0.1) is 0 Å². The average Bonchev–Trinajstić information content (AvgIpc) is 3.03. The molecule has 0 aliphatic heterocycles. The van der Waals surface area contributed by atoms with Crippen LogP contribution in [-0.2, 0) is 0 Å². The summed E-state index contributed by atoms with van der Waals surface area (Å²) in [5.41, 5.74) is 7.38. The SMILES string of the molecule is Sc1cccc(-c2ccc3c(-c4ccc5ccccc5c4)c4ccccc4c(-c4ccc5ccccc5c4)c3c2)c1. The van der Waals surface area contributed by atoms with Crippen LogP contribution in [0.4, 0.5) is 0 Å². The predicted octanol–water partition coefficient (Wildman–Crippen LogP) is 11.6. The maximum atomic E-state index is 4.63. The number of fused-ring (bicyclic) bond motifs is 4. The monoisotopic (exact) mass is 538 g/mol. The standard InChI is InChI=1S/C40H26S/c41-34-13-7-12-30(24-34)31-20-21-37-38(25-31)40(33-19-17-27-9-2-4-11-29(27)23-33)36-15-6-5-14-35(36)39(37)32-18-16-26-8-1-3-10-28(26)22-32/h1-25,41H. The van der Waals surface area contributed by atoms with E-state index >= 15 is 0 Å². The third-order valence-corrected chi connectivity index (χ3v) is 8.56. The van der Waals surface area contributed by atoms with Crippen LogP contribution in [0.15, 0.2) is 157 Å². The molecule has 0 aliphatic carbocycles. The second-order valence-corrected chi connectivity index (χ2v) is 11.2. The molecule has 0 bridgehead atoms. The van der Waals surface area contributed by atoms with Gasteiger partial charge in [-0.15, -0.1) is 12.6 Å². The summed E-state index contributed by atoms with van der Waals surface area (Å²) in [5, 5.41) is 10.1. The molecule has 0 unspecified atom stereocenters. The summed E-state index contributed by atoms with van der Waals surface area (Å²) < 4.78 is 0. The molecule has 0 saturated carbocycles. The highest BCUT2D eigenvalue weighted by Gasteiger charge is 2.18. The van der Waals surface area contributed by atoms with Gasteiger partial charge in [-0.3, -0.25) is 0 Å². The first-order valence-corrected chi connectivity index (χ1v) is 14.4. The van der Waals surface area contributed by atoms with Gasteiger partial charge in [-0.05, 0) is 107 Å². The Morgan fingerprint density at radius 3 is 1.39 bits per heavy atom. The highest BCUT2D eigenvalue weighted by molar-refractivity contribution is 7.80. The summed E-state index contributed by atoms with van der Waals surface area (Å²) in [6.07, 6.45) is 0. The van der Waals surface area contributed by atoms with Gasteiger partial charge in [0.15, 0.2) is 0 Å². The zero-order valence-corrected chi connectivity index (χ0v) is 23.3. The Hall–Kier alpha value is -4.85. The van der Waals surface area contributed by atoms with Crippen LogP contribution < -0.4 is 0 Å². The summed E-state index contributed by atoms with van der Waals surface area (Å²) >= 11 is 4.63. The lowest BCUT2D eigenvalue weighted by Gasteiger charge is -2.19. The first kappa shape index (κ1) is 24.0. The van der Waals surface area contributed by atoms with Gasteiger partial charge in [-0.1, -0.05) is 121 Å². The number of hydrogen-bond acceptors (Lipinski definition) is 1. The number of hydrogen-bond donors (Lipinski definition) is 1. The summed E-state index contributed by atoms with van der Waals surface area (Å²) in [4.78, 5) is 0.965. The lowest BCUT2D eigenvalue weighted by atomic mass is 9.84. The van der Waals surface area contributed by atoms with Crippen LogP contribution in [0.1, 0.15) is 0 Å². The van der Waals surface area contributed by atoms with E-state index in [1.165, 1.54) is 76.5 Å². The van der Waals surface area contributed by atoms with Crippen molar-refractivity contribution >= 4 is 55.7 Å². The number of thiol groups is 1. The highest BCUT2D eigenvalue weighted by atomic mass is 32.1. The normalized spacial score (nSPS) is 11.5. The summed E-state index contributed by atoms with van der Waals surface area (Å²) in [6.45, 7) is 0. The van der Waals surface area contributed by atoms with E-state index in [4.69, 9.17) is 0 Å². The Bertz CT molecular complexity index is 2270. The second kappa shape index (κ2) is 9.66. The van der Waals surface area contributed by atoms with Crippen molar-refractivity contribution in [1.29, 1.82) is 0 Å². The van der Waals surface area contributed by atoms with Crippen molar-refractivity contribution < 1.29 is 0 Å². The van der Waals surface area contributed by atoms with Crippen LogP contribution in [-0.4, -0.2) is 0 Å². The van der Waals surface area contributed by atoms with E-state index in [1.807, 2.05) is 6.07 Å². The molecule has 192 valence electrons. The van der Waals surface area contributed by atoms with Gasteiger partial charge in [-0.25, -0.2) is 0 Å². The molecular formula is C40H26S. The Morgan fingerprint density at radius 1 is 0.293 bits per heavy atom. The van der Waals surface area contributed by atoms with E-state index in [0.717, 1.165) is 4.90 Å². The van der Waals surface area contributed by atoms with Crippen molar-refractivity contribution in [3.05, 3.63) is 152 Å². The molecule has 0 aromatic heterocycles. The van der Waals surface area contributed by atoms with Gasteiger partial charge in [0.25, 0.3) is 0 Å². The number of rotatable bonds is 3. The molecule has 8 aromatic carbocycles. The maximum Gasteiger partial charge on any atom is 0.00461 e. The lowest BCUT2D eigenvalue weighted by Crippen LogP contribution is -1.92. The molecule has 0 nitrogen and oxygen atoms in total.